The van der Waals surface area contributed by atoms with Crippen LogP contribution >= 0.6 is 0 Å². The second-order valence-electron chi connectivity index (χ2n) is 9.70. The summed E-state index contributed by atoms with van der Waals surface area (Å²) in [5.74, 6) is -1.36. The molecule has 2 aromatic rings. The highest BCUT2D eigenvalue weighted by Gasteiger charge is 2.24. The van der Waals surface area contributed by atoms with Crippen molar-refractivity contribution in [1.82, 2.24) is 10.3 Å². The van der Waals surface area contributed by atoms with Gasteiger partial charge in [-0.2, -0.15) is 5.10 Å². The van der Waals surface area contributed by atoms with Gasteiger partial charge in [-0.05, 0) is 42.4 Å². The van der Waals surface area contributed by atoms with Gasteiger partial charge in [0.25, 0.3) is 0 Å². The van der Waals surface area contributed by atoms with Crippen molar-refractivity contribution in [2.24, 2.45) is 5.10 Å². The second-order valence-corrected chi connectivity index (χ2v) is 9.70. The van der Waals surface area contributed by atoms with Crippen LogP contribution in [0.3, 0.4) is 0 Å². The number of nitrogens with zero attached hydrogens (tertiary/aromatic N) is 2. The Bertz CT molecular complexity index is 1180. The SMILES string of the molecule is O=C(O)CCCCCC(=O)N/N=C/c1ccc(CN2C[C@@H](c3ccccc3)OC(=O)CC/C=C/CCC2=O)cc1. The van der Waals surface area contributed by atoms with Crippen LogP contribution in [0.2, 0.25) is 0 Å². The minimum Gasteiger partial charge on any atom is -0.481 e. The molecule has 9 heteroatoms. The maximum Gasteiger partial charge on any atom is 0.306 e. The summed E-state index contributed by atoms with van der Waals surface area (Å²) >= 11 is 0. The quantitative estimate of drug-likeness (QED) is 0.135. The largest absolute Gasteiger partial charge is 0.481 e. The van der Waals surface area contributed by atoms with E-state index in [1.807, 2.05) is 66.7 Å². The van der Waals surface area contributed by atoms with E-state index in [2.05, 4.69) is 10.5 Å². The Morgan fingerprint density at radius 2 is 1.65 bits per heavy atom. The van der Waals surface area contributed by atoms with Crippen LogP contribution < -0.4 is 5.43 Å². The summed E-state index contributed by atoms with van der Waals surface area (Å²) in [6, 6.07) is 17.0. The zero-order chi connectivity index (χ0) is 28.6. The lowest BCUT2D eigenvalue weighted by Gasteiger charge is -2.28. The zero-order valence-electron chi connectivity index (χ0n) is 22.7. The van der Waals surface area contributed by atoms with Gasteiger partial charge in [0, 0.05) is 32.2 Å². The molecule has 0 bridgehead atoms. The van der Waals surface area contributed by atoms with E-state index in [0.29, 0.717) is 51.5 Å². The van der Waals surface area contributed by atoms with Gasteiger partial charge >= 0.3 is 11.9 Å². The number of cyclic esters (lactones) is 1. The molecule has 2 N–H and O–H groups in total. The summed E-state index contributed by atoms with van der Waals surface area (Å²) in [7, 11) is 0. The molecule has 212 valence electrons. The third-order valence-electron chi connectivity index (χ3n) is 6.44. The molecule has 0 spiro atoms. The predicted molar refractivity (Wildman–Crippen MR) is 151 cm³/mol. The third kappa shape index (κ3) is 11.2. The van der Waals surface area contributed by atoms with Crippen molar-refractivity contribution in [1.29, 1.82) is 0 Å². The molecule has 1 aliphatic heterocycles. The number of rotatable bonds is 11. The number of esters is 1. The normalized spacial score (nSPS) is 17.5. The number of unbranched alkanes of at least 4 members (excludes halogenated alkanes) is 2. The Kier molecular flexibility index (Phi) is 12.6. The van der Waals surface area contributed by atoms with E-state index in [1.54, 1.807) is 11.1 Å². The molecule has 1 atom stereocenters. The number of nitrogens with one attached hydrogen (secondary N) is 1. The van der Waals surface area contributed by atoms with E-state index in [9.17, 15) is 19.2 Å². The summed E-state index contributed by atoms with van der Waals surface area (Å²) in [6.45, 7) is 0.614. The van der Waals surface area contributed by atoms with Crippen LogP contribution in [0.25, 0.3) is 0 Å². The number of carboxylic acids is 1. The van der Waals surface area contributed by atoms with Crippen LogP contribution in [-0.2, 0) is 30.5 Å². The molecule has 0 aliphatic carbocycles. The number of allylic oxidation sites excluding steroid dienone is 2. The molecule has 3 rings (SSSR count). The molecule has 0 saturated heterocycles. The van der Waals surface area contributed by atoms with Crippen molar-refractivity contribution in [3.63, 3.8) is 0 Å². The highest BCUT2D eigenvalue weighted by atomic mass is 16.5. The van der Waals surface area contributed by atoms with Crippen molar-refractivity contribution in [3.8, 4) is 0 Å². The standard InChI is InChI=1S/C31H37N3O6/c35-28(13-7-4-9-15-30(37)38)33-32-21-24-17-19-25(20-18-24)22-34-23-27(26-11-5-3-6-12-26)40-31(39)16-10-2-1-8-14-29(34)36/h1-3,5-6,11-12,17-21,27H,4,7-10,13-16,22-23H2,(H,33,35)(H,37,38)/b2-1+,32-21+/t27-/m0/s1. The van der Waals surface area contributed by atoms with Gasteiger partial charge in [-0.25, -0.2) is 5.43 Å². The zero-order valence-corrected chi connectivity index (χ0v) is 22.7. The van der Waals surface area contributed by atoms with Gasteiger partial charge in [0.15, 0.2) is 0 Å². The number of carbonyl (C=O) groups is 4. The Morgan fingerprint density at radius 1 is 0.950 bits per heavy atom. The van der Waals surface area contributed by atoms with E-state index in [0.717, 1.165) is 16.7 Å². The fourth-order valence-electron chi connectivity index (χ4n) is 4.26. The van der Waals surface area contributed by atoms with Crippen molar-refractivity contribution >= 4 is 30.0 Å². The summed E-state index contributed by atoms with van der Waals surface area (Å²) in [6.07, 6.45) is 8.95. The fourth-order valence-corrected chi connectivity index (χ4v) is 4.26. The molecule has 1 aliphatic rings. The van der Waals surface area contributed by atoms with Gasteiger partial charge in [0.1, 0.15) is 6.10 Å². The Labute approximate surface area is 234 Å². The first-order chi connectivity index (χ1) is 19.4. The van der Waals surface area contributed by atoms with E-state index in [4.69, 9.17) is 9.84 Å². The number of aliphatic carboxylic acids is 1. The van der Waals surface area contributed by atoms with Gasteiger partial charge in [-0.15, -0.1) is 0 Å². The predicted octanol–water partition coefficient (Wildman–Crippen LogP) is 4.92. The van der Waals surface area contributed by atoms with E-state index in [1.165, 1.54) is 0 Å². The van der Waals surface area contributed by atoms with Crippen LogP contribution in [-0.4, -0.2) is 46.5 Å². The Hall–Kier alpha value is -4.27. The van der Waals surface area contributed by atoms with Crippen LogP contribution in [0.1, 0.15) is 80.6 Å². The third-order valence-corrected chi connectivity index (χ3v) is 6.44. The molecule has 2 aromatic carbocycles. The van der Waals surface area contributed by atoms with Crippen molar-refractivity contribution < 1.29 is 29.0 Å². The number of carboxylic acid groups (broad SMARTS) is 1. The van der Waals surface area contributed by atoms with Crippen molar-refractivity contribution in [2.75, 3.05) is 6.54 Å². The summed E-state index contributed by atoms with van der Waals surface area (Å²) in [5.41, 5.74) is 5.03. The molecule has 9 nitrogen and oxygen atoms in total. The van der Waals surface area contributed by atoms with Gasteiger partial charge in [-0.1, -0.05) is 73.2 Å². The lowest BCUT2D eigenvalue weighted by Crippen LogP contribution is -2.35. The lowest BCUT2D eigenvalue weighted by molar-refractivity contribution is -0.152. The average molecular weight is 548 g/mol. The molecule has 0 unspecified atom stereocenters. The van der Waals surface area contributed by atoms with Gasteiger partial charge in [0.05, 0.1) is 12.8 Å². The molecule has 0 aromatic heterocycles. The van der Waals surface area contributed by atoms with Crippen LogP contribution in [0, 0.1) is 0 Å². The highest BCUT2D eigenvalue weighted by Crippen LogP contribution is 2.22. The van der Waals surface area contributed by atoms with Crippen molar-refractivity contribution in [2.45, 2.75) is 70.4 Å². The first-order valence-corrected chi connectivity index (χ1v) is 13.7. The Balaban J connectivity index is 1.60. The molecule has 1 heterocycles. The van der Waals surface area contributed by atoms with E-state index < -0.39 is 12.1 Å². The summed E-state index contributed by atoms with van der Waals surface area (Å²) < 4.78 is 5.81. The minimum atomic E-state index is -0.829. The maximum absolute atomic E-state index is 13.2. The molecule has 0 fully saturated rings. The highest BCUT2D eigenvalue weighted by molar-refractivity contribution is 5.82. The van der Waals surface area contributed by atoms with Gasteiger partial charge in [0.2, 0.25) is 11.8 Å². The van der Waals surface area contributed by atoms with Crippen LogP contribution in [0.5, 0.6) is 0 Å². The molecule has 0 radical (unpaired) electrons. The van der Waals surface area contributed by atoms with Gasteiger partial charge < -0.3 is 14.7 Å². The first-order valence-electron chi connectivity index (χ1n) is 13.7. The average Bonchev–Trinajstić information content (AvgIpc) is 2.94. The molecule has 0 saturated carbocycles. The molecular weight excluding hydrogens is 510 g/mol. The van der Waals surface area contributed by atoms with Crippen LogP contribution in [0.4, 0.5) is 0 Å². The summed E-state index contributed by atoms with van der Waals surface area (Å²) in [5, 5.41) is 12.6. The Morgan fingerprint density at radius 3 is 2.38 bits per heavy atom. The second kappa shape index (κ2) is 16.6. The molecule has 40 heavy (non-hydrogen) atoms. The smallest absolute Gasteiger partial charge is 0.306 e. The van der Waals surface area contributed by atoms with Gasteiger partial charge in [-0.3, -0.25) is 19.2 Å². The number of amides is 2. The van der Waals surface area contributed by atoms with Crippen molar-refractivity contribution in [3.05, 3.63) is 83.4 Å². The maximum atomic E-state index is 13.2. The lowest BCUT2D eigenvalue weighted by atomic mass is 10.1. The molecule has 2 amide bonds. The van der Waals surface area contributed by atoms with E-state index >= 15 is 0 Å². The summed E-state index contributed by atoms with van der Waals surface area (Å²) in [4.78, 5) is 49.8. The molecular formula is C31H37N3O6. The topological polar surface area (TPSA) is 125 Å². The number of benzene rings is 2. The number of ether oxygens (including phenoxy) is 1. The first kappa shape index (κ1) is 30.3. The monoisotopic (exact) mass is 547 g/mol. The number of hydrogen-bond acceptors (Lipinski definition) is 6. The number of carbonyl (C=O) groups excluding carboxylic acids is 3. The number of hydrazone groups is 1. The van der Waals surface area contributed by atoms with E-state index in [-0.39, 0.29) is 37.2 Å². The fraction of sp³-hybridized carbons (Fsp3) is 0.387. The van der Waals surface area contributed by atoms with Crippen LogP contribution in [0.15, 0.2) is 71.9 Å². The minimum absolute atomic E-state index is 0.0153. The number of hydrogen-bond donors (Lipinski definition) is 2.